The molecule has 0 bridgehead atoms. The van der Waals surface area contributed by atoms with Gasteiger partial charge in [0.2, 0.25) is 10.0 Å². The summed E-state index contributed by atoms with van der Waals surface area (Å²) >= 11 is 6.06. The molecule has 3 nitrogen and oxygen atoms in total. The predicted molar refractivity (Wildman–Crippen MR) is 49.1 cm³/mol. The molecular formula is C4H9Br2NO2S. The van der Waals surface area contributed by atoms with Crippen molar-refractivity contribution in [3.63, 3.8) is 0 Å². The van der Waals surface area contributed by atoms with E-state index in [4.69, 9.17) is 0 Å². The van der Waals surface area contributed by atoms with Gasteiger partial charge in [-0.2, -0.15) is 0 Å². The lowest BCUT2D eigenvalue weighted by molar-refractivity contribution is 0.584. The van der Waals surface area contributed by atoms with E-state index >= 15 is 0 Å². The van der Waals surface area contributed by atoms with Crippen LogP contribution in [0.2, 0.25) is 0 Å². The molecule has 0 aliphatic carbocycles. The molecule has 6 heteroatoms. The van der Waals surface area contributed by atoms with Crippen molar-refractivity contribution in [2.45, 2.75) is 11.1 Å². The standard InChI is InChI=1S/C4H9Br2NO2S/c1-2-7-10(8,9)4(6)3-5/h4,7H,2-3H2,1H3. The Labute approximate surface area is 77.9 Å². The van der Waals surface area contributed by atoms with Gasteiger partial charge in [-0.15, -0.1) is 0 Å². The van der Waals surface area contributed by atoms with E-state index in [0.717, 1.165) is 0 Å². The van der Waals surface area contributed by atoms with Crippen molar-refractivity contribution < 1.29 is 8.42 Å². The lowest BCUT2D eigenvalue weighted by Crippen LogP contribution is -2.31. The van der Waals surface area contributed by atoms with Crippen molar-refractivity contribution in [1.82, 2.24) is 4.72 Å². The molecule has 0 radical (unpaired) electrons. The molecule has 1 unspecified atom stereocenters. The van der Waals surface area contributed by atoms with Crippen LogP contribution in [-0.4, -0.2) is 24.5 Å². The number of nitrogens with one attached hydrogen (secondary N) is 1. The molecule has 0 aliphatic rings. The number of halogens is 2. The summed E-state index contributed by atoms with van der Waals surface area (Å²) < 4.78 is 23.8. The minimum Gasteiger partial charge on any atom is -0.215 e. The minimum atomic E-state index is -3.14. The van der Waals surface area contributed by atoms with Gasteiger partial charge in [0, 0.05) is 11.9 Å². The third-order valence-electron chi connectivity index (χ3n) is 0.804. The maximum absolute atomic E-state index is 11.0. The van der Waals surface area contributed by atoms with Crippen LogP contribution in [0.5, 0.6) is 0 Å². The Bertz CT molecular complexity index is 180. The smallest absolute Gasteiger partial charge is 0.215 e. The second kappa shape index (κ2) is 4.69. The maximum atomic E-state index is 11.0. The van der Waals surface area contributed by atoms with Crippen molar-refractivity contribution >= 4 is 41.9 Å². The van der Waals surface area contributed by atoms with Gasteiger partial charge in [-0.05, 0) is 0 Å². The summed E-state index contributed by atoms with van der Waals surface area (Å²) in [6.07, 6.45) is 0. The van der Waals surface area contributed by atoms with Gasteiger partial charge in [-0.1, -0.05) is 38.8 Å². The number of sulfonamides is 1. The molecule has 0 heterocycles. The van der Waals surface area contributed by atoms with E-state index in [1.807, 2.05) is 0 Å². The summed E-state index contributed by atoms with van der Waals surface area (Å²) in [7, 11) is -3.14. The lowest BCUT2D eigenvalue weighted by atomic mass is 10.8. The molecule has 1 atom stereocenters. The SMILES string of the molecule is CCNS(=O)(=O)C(Br)CBr. The van der Waals surface area contributed by atoms with Crippen LogP contribution in [0, 0.1) is 0 Å². The van der Waals surface area contributed by atoms with Gasteiger partial charge in [-0.25, -0.2) is 13.1 Å². The Kier molecular flexibility index (Phi) is 5.10. The highest BCUT2D eigenvalue weighted by Crippen LogP contribution is 2.09. The number of hydrogen-bond donors (Lipinski definition) is 1. The third-order valence-corrected chi connectivity index (χ3v) is 6.08. The van der Waals surface area contributed by atoms with Crippen LogP contribution in [0.1, 0.15) is 6.92 Å². The molecular weight excluding hydrogens is 286 g/mol. The summed E-state index contributed by atoms with van der Waals surface area (Å²) in [4.78, 5) is 0. The van der Waals surface area contributed by atoms with Gasteiger partial charge < -0.3 is 0 Å². The average Bonchev–Trinajstić information content (AvgIpc) is 1.86. The van der Waals surface area contributed by atoms with Crippen molar-refractivity contribution in [2.75, 3.05) is 11.9 Å². The van der Waals surface area contributed by atoms with Crippen molar-refractivity contribution in [3.05, 3.63) is 0 Å². The first-order valence-corrected chi connectivity index (χ1v) is 6.31. The third kappa shape index (κ3) is 3.32. The molecule has 0 aromatic heterocycles. The van der Waals surface area contributed by atoms with Crippen molar-refractivity contribution in [1.29, 1.82) is 0 Å². The normalized spacial score (nSPS) is 15.1. The highest BCUT2D eigenvalue weighted by molar-refractivity contribution is 9.13. The Morgan fingerprint density at radius 1 is 1.60 bits per heavy atom. The zero-order chi connectivity index (χ0) is 8.20. The Morgan fingerprint density at radius 2 is 2.10 bits per heavy atom. The second-order valence-corrected chi connectivity index (χ2v) is 5.91. The lowest BCUT2D eigenvalue weighted by Gasteiger charge is -2.06. The van der Waals surface area contributed by atoms with Crippen LogP contribution in [-0.2, 0) is 10.0 Å². The zero-order valence-corrected chi connectivity index (χ0v) is 9.46. The van der Waals surface area contributed by atoms with Gasteiger partial charge in [0.05, 0.1) is 0 Å². The van der Waals surface area contributed by atoms with Crippen LogP contribution in [0.3, 0.4) is 0 Å². The monoisotopic (exact) mass is 293 g/mol. The first-order valence-electron chi connectivity index (χ1n) is 2.73. The molecule has 1 N–H and O–H groups in total. The molecule has 0 fully saturated rings. The fourth-order valence-corrected chi connectivity index (χ4v) is 2.56. The zero-order valence-electron chi connectivity index (χ0n) is 5.47. The maximum Gasteiger partial charge on any atom is 0.225 e. The number of hydrogen-bond acceptors (Lipinski definition) is 2. The first-order chi connectivity index (χ1) is 4.54. The largest absolute Gasteiger partial charge is 0.225 e. The fourth-order valence-electron chi connectivity index (χ4n) is 0.375. The summed E-state index contributed by atoms with van der Waals surface area (Å²) in [5.74, 6) is 0. The summed E-state index contributed by atoms with van der Waals surface area (Å²) in [6, 6.07) is 0. The Morgan fingerprint density at radius 3 is 2.40 bits per heavy atom. The molecule has 0 saturated heterocycles. The van der Waals surface area contributed by atoms with Crippen molar-refractivity contribution in [2.24, 2.45) is 0 Å². The van der Waals surface area contributed by atoms with Crippen LogP contribution in [0.15, 0.2) is 0 Å². The topological polar surface area (TPSA) is 46.2 Å². The van der Waals surface area contributed by atoms with Crippen LogP contribution < -0.4 is 4.72 Å². The predicted octanol–water partition coefficient (Wildman–Crippen LogP) is 1.04. The summed E-state index contributed by atoms with van der Waals surface area (Å²) in [5, 5.41) is 0.391. The van der Waals surface area contributed by atoms with E-state index in [1.54, 1.807) is 6.92 Å². The number of alkyl halides is 2. The Balaban J connectivity index is 4.12. The number of rotatable bonds is 4. The first kappa shape index (κ1) is 10.9. The highest BCUT2D eigenvalue weighted by atomic mass is 79.9. The molecule has 0 aromatic carbocycles. The average molecular weight is 295 g/mol. The van der Waals surface area contributed by atoms with E-state index in [2.05, 4.69) is 36.6 Å². The molecule has 10 heavy (non-hydrogen) atoms. The van der Waals surface area contributed by atoms with E-state index in [1.165, 1.54) is 0 Å². The van der Waals surface area contributed by atoms with Crippen molar-refractivity contribution in [3.8, 4) is 0 Å². The van der Waals surface area contributed by atoms with E-state index in [9.17, 15) is 8.42 Å². The van der Waals surface area contributed by atoms with E-state index in [-0.39, 0.29) is 0 Å². The second-order valence-electron chi connectivity index (χ2n) is 1.61. The minimum absolute atomic E-state index is 0.391. The highest BCUT2D eigenvalue weighted by Gasteiger charge is 2.19. The van der Waals surface area contributed by atoms with E-state index < -0.39 is 14.2 Å². The van der Waals surface area contributed by atoms with Gasteiger partial charge in [0.25, 0.3) is 0 Å². The molecule has 62 valence electrons. The van der Waals surface area contributed by atoms with Crippen LogP contribution in [0.25, 0.3) is 0 Å². The van der Waals surface area contributed by atoms with E-state index in [0.29, 0.717) is 11.9 Å². The fraction of sp³-hybridized carbons (Fsp3) is 1.00. The van der Waals surface area contributed by atoms with Gasteiger partial charge in [0.15, 0.2) is 0 Å². The quantitative estimate of drug-likeness (QED) is 0.788. The molecule has 0 aromatic rings. The van der Waals surface area contributed by atoms with Gasteiger partial charge >= 0.3 is 0 Å². The Hall–Kier alpha value is 0.870. The molecule has 0 aliphatic heterocycles. The molecule has 0 rings (SSSR count). The summed E-state index contributed by atoms with van der Waals surface area (Å²) in [5.41, 5.74) is 0. The van der Waals surface area contributed by atoms with Crippen LogP contribution >= 0.6 is 31.9 Å². The van der Waals surface area contributed by atoms with Gasteiger partial charge in [-0.3, -0.25) is 0 Å². The molecule has 0 spiro atoms. The summed E-state index contributed by atoms with van der Waals surface area (Å²) in [6.45, 7) is 2.17. The van der Waals surface area contributed by atoms with Crippen LogP contribution in [0.4, 0.5) is 0 Å². The molecule has 0 saturated carbocycles. The molecule has 0 amide bonds. The van der Waals surface area contributed by atoms with Gasteiger partial charge in [0.1, 0.15) is 4.16 Å².